The summed E-state index contributed by atoms with van der Waals surface area (Å²) in [6.45, 7) is 3.73. The fourth-order valence-electron chi connectivity index (χ4n) is 2.04. The predicted octanol–water partition coefficient (Wildman–Crippen LogP) is 2.51. The van der Waals surface area contributed by atoms with Crippen LogP contribution in [0.5, 0.6) is 0 Å². The molecule has 1 aliphatic heterocycles. The Morgan fingerprint density at radius 3 is 2.48 bits per heavy atom. The summed E-state index contributed by atoms with van der Waals surface area (Å²) in [5, 5.41) is 3.85. The summed E-state index contributed by atoms with van der Waals surface area (Å²) in [4.78, 5) is 36.6. The molecule has 25 heavy (non-hydrogen) atoms. The number of carbonyl (C=O) groups is 3. The van der Waals surface area contributed by atoms with Crippen LogP contribution in [0.2, 0.25) is 0 Å². The van der Waals surface area contributed by atoms with E-state index in [9.17, 15) is 14.4 Å². The van der Waals surface area contributed by atoms with Gasteiger partial charge in [-0.05, 0) is 26.0 Å². The fraction of sp³-hybridized carbons (Fsp3) is 0.312. The lowest BCUT2D eigenvalue weighted by atomic mass is 10.1. The molecular weight excluding hydrogens is 350 g/mol. The Balaban J connectivity index is 0.000000236. The second kappa shape index (κ2) is 8.39. The molecule has 0 unspecified atom stereocenters. The number of halogens is 1. The maximum absolute atomic E-state index is 11.8. The highest BCUT2D eigenvalue weighted by molar-refractivity contribution is 6.32. The number of esters is 1. The van der Waals surface area contributed by atoms with Crippen LogP contribution in [0.1, 0.15) is 35.9 Å². The maximum atomic E-state index is 11.8. The van der Waals surface area contributed by atoms with Crippen LogP contribution < -0.4 is 0 Å². The monoisotopic (exact) mass is 365 g/mol. The molecule has 9 heteroatoms. The van der Waals surface area contributed by atoms with E-state index in [1.54, 1.807) is 32.2 Å². The first-order chi connectivity index (χ1) is 12.0. The number of hydrogen-bond acceptors (Lipinski definition) is 7. The van der Waals surface area contributed by atoms with Gasteiger partial charge in [0.25, 0.3) is 0 Å². The summed E-state index contributed by atoms with van der Waals surface area (Å²) >= 11 is 5.15. The van der Waals surface area contributed by atoms with Crippen molar-refractivity contribution in [3.8, 4) is 11.4 Å². The van der Waals surface area contributed by atoms with Crippen molar-refractivity contribution in [1.82, 2.24) is 14.6 Å². The zero-order chi connectivity index (χ0) is 18.4. The van der Waals surface area contributed by atoms with Gasteiger partial charge in [-0.2, -0.15) is 4.42 Å². The van der Waals surface area contributed by atoms with Crippen molar-refractivity contribution in [2.75, 3.05) is 6.61 Å². The molecule has 1 saturated heterocycles. The van der Waals surface area contributed by atoms with Crippen LogP contribution in [-0.4, -0.2) is 39.0 Å². The number of amides is 2. The van der Waals surface area contributed by atoms with Gasteiger partial charge in [0, 0.05) is 30.8 Å². The van der Waals surface area contributed by atoms with Gasteiger partial charge >= 0.3 is 5.97 Å². The Bertz CT molecular complexity index is 759. The minimum Gasteiger partial charge on any atom is -0.462 e. The molecule has 0 bridgehead atoms. The molecule has 0 radical (unpaired) electrons. The van der Waals surface area contributed by atoms with E-state index in [0.29, 0.717) is 33.7 Å². The fourth-order valence-corrected chi connectivity index (χ4v) is 2.21. The van der Waals surface area contributed by atoms with Gasteiger partial charge in [-0.25, -0.2) is 4.79 Å². The van der Waals surface area contributed by atoms with Crippen molar-refractivity contribution >= 4 is 29.6 Å². The van der Waals surface area contributed by atoms with Gasteiger partial charge in [0.05, 0.1) is 12.3 Å². The molecule has 0 saturated carbocycles. The van der Waals surface area contributed by atoms with Crippen molar-refractivity contribution in [2.24, 2.45) is 0 Å². The van der Waals surface area contributed by atoms with E-state index < -0.39 is 5.97 Å². The van der Waals surface area contributed by atoms with Crippen molar-refractivity contribution in [2.45, 2.75) is 26.7 Å². The lowest BCUT2D eigenvalue weighted by Gasteiger charge is -2.01. The summed E-state index contributed by atoms with van der Waals surface area (Å²) in [6.07, 6.45) is 2.17. The topological polar surface area (TPSA) is 103 Å². The zero-order valence-electron chi connectivity index (χ0n) is 13.7. The van der Waals surface area contributed by atoms with Crippen LogP contribution in [0, 0.1) is 6.92 Å². The highest BCUT2D eigenvalue weighted by Gasteiger charge is 2.26. The Hall–Kier alpha value is -2.74. The third kappa shape index (κ3) is 4.42. The van der Waals surface area contributed by atoms with E-state index in [0.717, 1.165) is 0 Å². The molecule has 0 aliphatic carbocycles. The summed E-state index contributed by atoms with van der Waals surface area (Å²) in [6, 6.07) is 5.38. The van der Waals surface area contributed by atoms with Gasteiger partial charge in [0.15, 0.2) is 0 Å². The molecule has 132 valence electrons. The van der Waals surface area contributed by atoms with Crippen molar-refractivity contribution < 1.29 is 23.6 Å². The SMILES string of the molecule is CCOC(=O)c1c(-c2ccccn2)noc1C.O=C1CCC(=O)N1Cl. The first-order valence-corrected chi connectivity index (χ1v) is 7.85. The number of ether oxygens (including phenoxy) is 1. The lowest BCUT2D eigenvalue weighted by Crippen LogP contribution is -2.16. The first-order valence-electron chi connectivity index (χ1n) is 7.52. The van der Waals surface area contributed by atoms with Crippen LogP contribution in [0.15, 0.2) is 28.9 Å². The standard InChI is InChI=1S/C12H12N2O3.C4H4ClNO2/c1-3-16-12(15)10-8(2)17-14-11(10)9-6-4-5-7-13-9;5-6-3(7)1-2-4(6)8/h4-7H,3H2,1-2H3;1-2H2. The zero-order valence-corrected chi connectivity index (χ0v) is 14.4. The third-order valence-electron chi connectivity index (χ3n) is 3.24. The third-order valence-corrected chi connectivity index (χ3v) is 3.62. The second-order valence-corrected chi connectivity index (χ2v) is 5.30. The predicted molar refractivity (Wildman–Crippen MR) is 87.4 cm³/mol. The van der Waals surface area contributed by atoms with Gasteiger partial charge < -0.3 is 9.26 Å². The highest BCUT2D eigenvalue weighted by atomic mass is 35.5. The molecule has 3 heterocycles. The summed E-state index contributed by atoms with van der Waals surface area (Å²) in [5.41, 5.74) is 1.35. The van der Waals surface area contributed by atoms with Gasteiger partial charge in [-0.1, -0.05) is 11.2 Å². The van der Waals surface area contributed by atoms with Crippen LogP contribution >= 0.6 is 11.8 Å². The Labute approximate surface area is 148 Å². The molecule has 2 aromatic heterocycles. The minimum absolute atomic E-state index is 0.266. The van der Waals surface area contributed by atoms with Crippen LogP contribution in [0.4, 0.5) is 0 Å². The summed E-state index contributed by atoms with van der Waals surface area (Å²) in [5.74, 6) is -0.593. The second-order valence-electron chi connectivity index (χ2n) is 4.97. The van der Waals surface area contributed by atoms with E-state index in [2.05, 4.69) is 10.1 Å². The lowest BCUT2D eigenvalue weighted by molar-refractivity contribution is -0.132. The first kappa shape index (κ1) is 18.6. The number of nitrogens with zero attached hydrogens (tertiary/aromatic N) is 3. The van der Waals surface area contributed by atoms with Crippen LogP contribution in [0.25, 0.3) is 11.4 Å². The molecule has 8 nitrogen and oxygen atoms in total. The highest BCUT2D eigenvalue weighted by Crippen LogP contribution is 2.23. The van der Waals surface area contributed by atoms with Crippen molar-refractivity contribution in [1.29, 1.82) is 0 Å². The van der Waals surface area contributed by atoms with E-state index in [4.69, 9.17) is 21.0 Å². The molecule has 1 aliphatic rings. The summed E-state index contributed by atoms with van der Waals surface area (Å²) < 4.78 is 10.6. The molecule has 2 aromatic rings. The summed E-state index contributed by atoms with van der Waals surface area (Å²) in [7, 11) is 0. The largest absolute Gasteiger partial charge is 0.462 e. The minimum atomic E-state index is -0.438. The normalized spacial score (nSPS) is 13.5. The maximum Gasteiger partial charge on any atom is 0.344 e. The number of aromatic nitrogens is 2. The van der Waals surface area contributed by atoms with Gasteiger partial charge in [-0.15, -0.1) is 0 Å². The van der Waals surface area contributed by atoms with Crippen LogP contribution in [0.3, 0.4) is 0 Å². The molecule has 0 spiro atoms. The van der Waals surface area contributed by atoms with Gasteiger partial charge in [0.2, 0.25) is 11.8 Å². The quantitative estimate of drug-likeness (QED) is 0.467. The number of aryl methyl sites for hydroxylation is 1. The van der Waals surface area contributed by atoms with Gasteiger partial charge in [0.1, 0.15) is 17.0 Å². The van der Waals surface area contributed by atoms with Crippen molar-refractivity contribution in [3.05, 3.63) is 35.7 Å². The number of carbonyl (C=O) groups excluding carboxylic acids is 3. The number of rotatable bonds is 3. The van der Waals surface area contributed by atoms with E-state index in [1.165, 1.54) is 0 Å². The number of hydrogen-bond donors (Lipinski definition) is 0. The molecule has 0 aromatic carbocycles. The van der Waals surface area contributed by atoms with E-state index in [-0.39, 0.29) is 24.7 Å². The smallest absolute Gasteiger partial charge is 0.344 e. The molecular formula is C16H16ClN3O5. The molecule has 3 rings (SSSR count). The Kier molecular flexibility index (Phi) is 6.24. The Morgan fingerprint density at radius 2 is 2.00 bits per heavy atom. The molecule has 0 atom stereocenters. The van der Waals surface area contributed by atoms with E-state index in [1.807, 2.05) is 6.07 Å². The Morgan fingerprint density at radius 1 is 1.32 bits per heavy atom. The average Bonchev–Trinajstić information content (AvgIpc) is 3.14. The van der Waals surface area contributed by atoms with E-state index >= 15 is 0 Å². The molecule has 0 N–H and O–H groups in total. The average molecular weight is 366 g/mol. The number of imide groups is 1. The van der Waals surface area contributed by atoms with Crippen LogP contribution in [-0.2, 0) is 14.3 Å². The number of pyridine rings is 1. The molecule has 1 fully saturated rings. The van der Waals surface area contributed by atoms with Crippen molar-refractivity contribution in [3.63, 3.8) is 0 Å². The van der Waals surface area contributed by atoms with Gasteiger partial charge in [-0.3, -0.25) is 14.6 Å². The molecule has 2 amide bonds.